The molecule has 2 aromatic rings. The highest BCUT2D eigenvalue weighted by Crippen LogP contribution is 2.27. The second kappa shape index (κ2) is 7.29. The molecule has 0 aliphatic heterocycles. The van der Waals surface area contributed by atoms with Gasteiger partial charge in [-0.25, -0.2) is 0 Å². The van der Waals surface area contributed by atoms with Gasteiger partial charge in [0.25, 0.3) is 0 Å². The maximum Gasteiger partial charge on any atom is 0.187 e. The summed E-state index contributed by atoms with van der Waals surface area (Å²) < 4.78 is 6.01. The fourth-order valence-electron chi connectivity index (χ4n) is 1.68. The normalized spacial score (nSPS) is 10.6. The van der Waals surface area contributed by atoms with Crippen LogP contribution < -0.4 is 10.1 Å². The van der Waals surface area contributed by atoms with E-state index in [1.807, 2.05) is 18.2 Å². The summed E-state index contributed by atoms with van der Waals surface area (Å²) in [5.74, 6) is 0.534. The molecular formula is C16H13BrClNO2. The summed E-state index contributed by atoms with van der Waals surface area (Å²) in [5, 5.41) is 3.51. The molecule has 1 N–H and O–H groups in total. The molecule has 3 nitrogen and oxygen atoms in total. The van der Waals surface area contributed by atoms with Gasteiger partial charge in [-0.2, -0.15) is 0 Å². The van der Waals surface area contributed by atoms with Gasteiger partial charge in [0.1, 0.15) is 5.75 Å². The molecule has 0 heterocycles. The standard InChI is InChI=1S/C16H13BrClNO2/c1-21-16-7-6-13(10-14(16)18)19-9-8-15(20)11-2-4-12(17)5-3-11/h2-10,19H,1H3. The average molecular weight is 367 g/mol. The Kier molecular flexibility index (Phi) is 5.42. The topological polar surface area (TPSA) is 38.3 Å². The lowest BCUT2D eigenvalue weighted by Crippen LogP contribution is -1.96. The smallest absolute Gasteiger partial charge is 0.187 e. The van der Waals surface area contributed by atoms with Gasteiger partial charge in [-0.15, -0.1) is 0 Å². The highest BCUT2D eigenvalue weighted by atomic mass is 79.9. The van der Waals surface area contributed by atoms with Gasteiger partial charge in [0.2, 0.25) is 0 Å². The molecule has 21 heavy (non-hydrogen) atoms. The van der Waals surface area contributed by atoms with E-state index in [-0.39, 0.29) is 5.78 Å². The van der Waals surface area contributed by atoms with E-state index in [0.717, 1.165) is 10.2 Å². The Morgan fingerprint density at radius 1 is 1.24 bits per heavy atom. The predicted molar refractivity (Wildman–Crippen MR) is 89.2 cm³/mol. The fraction of sp³-hybridized carbons (Fsp3) is 0.0625. The van der Waals surface area contributed by atoms with Gasteiger partial charge < -0.3 is 10.1 Å². The molecule has 108 valence electrons. The van der Waals surface area contributed by atoms with E-state index < -0.39 is 0 Å². The van der Waals surface area contributed by atoms with Crippen LogP contribution in [-0.4, -0.2) is 12.9 Å². The van der Waals surface area contributed by atoms with Crippen molar-refractivity contribution in [3.63, 3.8) is 0 Å². The van der Waals surface area contributed by atoms with Gasteiger partial charge in [-0.3, -0.25) is 4.79 Å². The molecule has 0 spiro atoms. The Morgan fingerprint density at radius 3 is 2.57 bits per heavy atom. The molecule has 0 saturated carbocycles. The van der Waals surface area contributed by atoms with Gasteiger partial charge in [0, 0.05) is 28.0 Å². The molecule has 0 atom stereocenters. The van der Waals surface area contributed by atoms with Crippen LogP contribution in [0.4, 0.5) is 5.69 Å². The van der Waals surface area contributed by atoms with E-state index in [9.17, 15) is 4.79 Å². The molecule has 0 radical (unpaired) electrons. The second-order valence-corrected chi connectivity index (χ2v) is 5.52. The number of hydrogen-bond acceptors (Lipinski definition) is 3. The summed E-state index contributed by atoms with van der Waals surface area (Å²) in [6.45, 7) is 0. The van der Waals surface area contributed by atoms with Crippen LogP contribution in [0.2, 0.25) is 5.02 Å². The number of carbonyl (C=O) groups excluding carboxylic acids is 1. The second-order valence-electron chi connectivity index (χ2n) is 4.20. The van der Waals surface area contributed by atoms with Crippen molar-refractivity contribution in [2.24, 2.45) is 0 Å². The number of anilines is 1. The average Bonchev–Trinajstić information content (AvgIpc) is 2.48. The maximum atomic E-state index is 11.9. The predicted octanol–water partition coefficient (Wildman–Crippen LogP) is 4.92. The maximum absolute atomic E-state index is 11.9. The molecule has 0 saturated heterocycles. The summed E-state index contributed by atoms with van der Waals surface area (Å²) in [6.07, 6.45) is 3.06. The number of ether oxygens (including phenoxy) is 1. The zero-order valence-corrected chi connectivity index (χ0v) is 13.6. The fourth-order valence-corrected chi connectivity index (χ4v) is 2.20. The molecule has 0 aliphatic carbocycles. The van der Waals surface area contributed by atoms with E-state index in [4.69, 9.17) is 16.3 Å². The number of methoxy groups -OCH3 is 1. The minimum Gasteiger partial charge on any atom is -0.495 e. The Labute approximate surface area is 136 Å². The monoisotopic (exact) mass is 365 g/mol. The number of halogens is 2. The third kappa shape index (κ3) is 4.34. The van der Waals surface area contributed by atoms with E-state index in [0.29, 0.717) is 16.3 Å². The lowest BCUT2D eigenvalue weighted by atomic mass is 10.1. The summed E-state index contributed by atoms with van der Waals surface area (Å²) in [5.41, 5.74) is 1.41. The number of nitrogens with one attached hydrogen (secondary N) is 1. The van der Waals surface area contributed by atoms with Crippen LogP contribution in [0.3, 0.4) is 0 Å². The van der Waals surface area contributed by atoms with Gasteiger partial charge in [-0.05, 0) is 42.5 Å². The van der Waals surface area contributed by atoms with Gasteiger partial charge in [0.05, 0.1) is 12.1 Å². The van der Waals surface area contributed by atoms with Crippen molar-refractivity contribution in [1.29, 1.82) is 0 Å². The molecule has 0 aliphatic rings. The molecule has 2 rings (SSSR count). The number of ketones is 1. The minimum atomic E-state index is -0.0744. The highest BCUT2D eigenvalue weighted by Gasteiger charge is 2.02. The molecule has 2 aromatic carbocycles. The van der Waals surface area contributed by atoms with Crippen LogP contribution in [0.15, 0.2) is 59.2 Å². The van der Waals surface area contributed by atoms with E-state index >= 15 is 0 Å². The van der Waals surface area contributed by atoms with E-state index in [2.05, 4.69) is 21.2 Å². The van der Waals surface area contributed by atoms with Crippen LogP contribution in [0.25, 0.3) is 0 Å². The Morgan fingerprint density at radius 2 is 1.95 bits per heavy atom. The van der Waals surface area contributed by atoms with Crippen LogP contribution >= 0.6 is 27.5 Å². The van der Waals surface area contributed by atoms with Crippen molar-refractivity contribution >= 4 is 39.0 Å². The van der Waals surface area contributed by atoms with Crippen molar-refractivity contribution in [2.45, 2.75) is 0 Å². The lowest BCUT2D eigenvalue weighted by molar-refractivity contribution is 0.104. The van der Waals surface area contributed by atoms with E-state index in [1.165, 1.54) is 6.08 Å². The highest BCUT2D eigenvalue weighted by molar-refractivity contribution is 9.10. The number of allylic oxidation sites excluding steroid dienone is 1. The first kappa shape index (κ1) is 15.6. The molecule has 0 amide bonds. The van der Waals surface area contributed by atoms with Crippen molar-refractivity contribution in [3.05, 3.63) is 69.8 Å². The van der Waals surface area contributed by atoms with Gasteiger partial charge >= 0.3 is 0 Å². The third-order valence-corrected chi connectivity index (χ3v) is 3.59. The Hall–Kier alpha value is -1.78. The molecule has 5 heteroatoms. The number of benzene rings is 2. The molecule has 0 aromatic heterocycles. The summed E-state index contributed by atoms with van der Waals surface area (Å²) in [6, 6.07) is 12.5. The van der Waals surface area contributed by atoms with Crippen molar-refractivity contribution in [2.75, 3.05) is 12.4 Å². The molecule has 0 fully saturated rings. The van der Waals surface area contributed by atoms with Gasteiger partial charge in [0.15, 0.2) is 5.78 Å². The zero-order valence-electron chi connectivity index (χ0n) is 11.3. The first-order chi connectivity index (χ1) is 10.1. The van der Waals surface area contributed by atoms with Crippen molar-refractivity contribution in [1.82, 2.24) is 0 Å². The van der Waals surface area contributed by atoms with Crippen molar-refractivity contribution in [3.8, 4) is 5.75 Å². The van der Waals surface area contributed by atoms with Crippen LogP contribution in [0.1, 0.15) is 10.4 Å². The molecule has 0 unspecified atom stereocenters. The SMILES string of the molecule is COc1ccc(NC=CC(=O)c2ccc(Br)cc2)cc1Cl. The van der Waals surface area contributed by atoms with Crippen LogP contribution in [-0.2, 0) is 0 Å². The largest absolute Gasteiger partial charge is 0.495 e. The first-order valence-electron chi connectivity index (χ1n) is 6.16. The minimum absolute atomic E-state index is 0.0744. The quantitative estimate of drug-likeness (QED) is 0.603. The zero-order chi connectivity index (χ0) is 15.2. The van der Waals surface area contributed by atoms with Crippen molar-refractivity contribution < 1.29 is 9.53 Å². The third-order valence-electron chi connectivity index (χ3n) is 2.77. The summed E-state index contributed by atoms with van der Waals surface area (Å²) in [4.78, 5) is 11.9. The molecular weight excluding hydrogens is 354 g/mol. The van der Waals surface area contributed by atoms with Gasteiger partial charge in [-0.1, -0.05) is 27.5 Å². The number of rotatable bonds is 5. The van der Waals surface area contributed by atoms with E-state index in [1.54, 1.807) is 37.6 Å². The van der Waals surface area contributed by atoms with Crippen LogP contribution in [0.5, 0.6) is 5.75 Å². The Balaban J connectivity index is 2.00. The Bertz CT molecular complexity index is 668. The number of carbonyl (C=O) groups is 1. The van der Waals surface area contributed by atoms with Crippen LogP contribution in [0, 0.1) is 0 Å². The lowest BCUT2D eigenvalue weighted by Gasteiger charge is -2.05. The summed E-state index contributed by atoms with van der Waals surface area (Å²) in [7, 11) is 1.56. The first-order valence-corrected chi connectivity index (χ1v) is 7.34. The molecule has 0 bridgehead atoms. The summed E-state index contributed by atoms with van der Waals surface area (Å²) >= 11 is 9.35. The number of hydrogen-bond donors (Lipinski definition) is 1.